The van der Waals surface area contributed by atoms with Gasteiger partial charge in [0.15, 0.2) is 0 Å². The predicted octanol–water partition coefficient (Wildman–Crippen LogP) is 4.98. The van der Waals surface area contributed by atoms with Crippen molar-refractivity contribution < 1.29 is 17.9 Å². The van der Waals surface area contributed by atoms with Gasteiger partial charge in [-0.15, -0.1) is 0 Å². The molecule has 1 amide bonds. The normalized spacial score (nSPS) is 11.3. The first kappa shape index (κ1) is 24.3. The smallest absolute Gasteiger partial charge is 0.281 e. The Morgan fingerprint density at radius 3 is 2.49 bits per heavy atom. The number of carbonyl (C=O) groups is 1. The van der Waals surface area contributed by atoms with Crippen molar-refractivity contribution in [1.29, 1.82) is 5.26 Å². The number of aryl methyl sites for hydroxylation is 2. The molecule has 0 unspecified atom stereocenters. The number of hydrogen-bond acceptors (Lipinski definition) is 5. The second-order valence-corrected chi connectivity index (χ2v) is 10.1. The van der Waals surface area contributed by atoms with Gasteiger partial charge in [0, 0.05) is 15.9 Å². The Balaban J connectivity index is 1.59. The molecule has 0 aliphatic heterocycles. The van der Waals surface area contributed by atoms with Crippen molar-refractivity contribution in [2.24, 2.45) is 0 Å². The maximum absolute atomic E-state index is 13.1. The highest BCUT2D eigenvalue weighted by Gasteiger charge is 2.23. The van der Waals surface area contributed by atoms with E-state index in [-0.39, 0.29) is 22.8 Å². The first-order chi connectivity index (χ1) is 16.7. The number of fused-ring (bicyclic) bond motifs is 1. The summed E-state index contributed by atoms with van der Waals surface area (Å²) in [5.74, 6) is -0.117. The van der Waals surface area contributed by atoms with E-state index >= 15 is 0 Å². The van der Waals surface area contributed by atoms with Gasteiger partial charge in [0.05, 0.1) is 23.1 Å². The van der Waals surface area contributed by atoms with E-state index in [9.17, 15) is 13.2 Å². The standard InChI is InChI=1S/C26H22ClN3O4S/c1-17-12-21(13-18(2)25(17)27)34-11-10-30-23-9-4-3-7-20(23)15-24(30)26(31)29-35(32,33)22-8-5-6-19(14-22)16-28/h3-9,12-15H,10-11H2,1-2H3,(H,29,31). The van der Waals surface area contributed by atoms with Crippen LogP contribution in [0.1, 0.15) is 27.2 Å². The lowest BCUT2D eigenvalue weighted by atomic mass is 10.1. The van der Waals surface area contributed by atoms with Crippen LogP contribution in [0.2, 0.25) is 5.02 Å². The molecule has 0 saturated carbocycles. The average molecular weight is 508 g/mol. The van der Waals surface area contributed by atoms with Gasteiger partial charge >= 0.3 is 0 Å². The van der Waals surface area contributed by atoms with Gasteiger partial charge in [0.25, 0.3) is 15.9 Å². The van der Waals surface area contributed by atoms with Crippen LogP contribution < -0.4 is 9.46 Å². The molecule has 4 rings (SSSR count). The Morgan fingerprint density at radius 2 is 1.77 bits per heavy atom. The zero-order valence-electron chi connectivity index (χ0n) is 19.1. The van der Waals surface area contributed by atoms with Gasteiger partial charge < -0.3 is 9.30 Å². The Hall–Kier alpha value is -3.80. The molecule has 178 valence electrons. The number of ether oxygens (including phenoxy) is 1. The molecule has 9 heteroatoms. The third-order valence-corrected chi connectivity index (χ3v) is 7.46. The molecule has 3 aromatic carbocycles. The van der Waals surface area contributed by atoms with Crippen molar-refractivity contribution in [2.75, 3.05) is 6.61 Å². The van der Waals surface area contributed by atoms with Gasteiger partial charge in [-0.3, -0.25) is 4.79 Å². The molecular formula is C26H22ClN3O4S. The van der Waals surface area contributed by atoms with Crippen LogP contribution in [-0.4, -0.2) is 25.5 Å². The Kier molecular flexibility index (Phi) is 6.83. The molecule has 0 saturated heterocycles. The number of rotatable bonds is 7. The number of carbonyl (C=O) groups excluding carboxylic acids is 1. The van der Waals surface area contributed by atoms with E-state index in [0.29, 0.717) is 17.3 Å². The molecule has 1 N–H and O–H groups in total. The molecule has 35 heavy (non-hydrogen) atoms. The maximum atomic E-state index is 13.1. The molecule has 0 bridgehead atoms. The summed E-state index contributed by atoms with van der Waals surface area (Å²) in [5, 5.41) is 10.5. The zero-order chi connectivity index (χ0) is 25.2. The van der Waals surface area contributed by atoms with Gasteiger partial charge in [-0.25, -0.2) is 13.1 Å². The summed E-state index contributed by atoms with van der Waals surface area (Å²) >= 11 is 6.23. The Morgan fingerprint density at radius 1 is 1.06 bits per heavy atom. The minimum absolute atomic E-state index is 0.163. The van der Waals surface area contributed by atoms with E-state index in [0.717, 1.165) is 22.0 Å². The van der Waals surface area contributed by atoms with Crippen LogP contribution in [0.25, 0.3) is 10.9 Å². The highest BCUT2D eigenvalue weighted by Crippen LogP contribution is 2.26. The third kappa shape index (κ3) is 5.16. The molecule has 7 nitrogen and oxygen atoms in total. The number of halogens is 1. The lowest BCUT2D eigenvalue weighted by Gasteiger charge is -2.14. The van der Waals surface area contributed by atoms with Gasteiger partial charge in [-0.2, -0.15) is 5.26 Å². The van der Waals surface area contributed by atoms with Crippen LogP contribution in [0.4, 0.5) is 0 Å². The second-order valence-electron chi connectivity index (χ2n) is 8.03. The minimum atomic E-state index is -4.18. The summed E-state index contributed by atoms with van der Waals surface area (Å²) in [6.07, 6.45) is 0. The topological polar surface area (TPSA) is 101 Å². The highest BCUT2D eigenvalue weighted by molar-refractivity contribution is 7.90. The predicted molar refractivity (Wildman–Crippen MR) is 134 cm³/mol. The largest absolute Gasteiger partial charge is 0.492 e. The number of aromatic nitrogens is 1. The van der Waals surface area contributed by atoms with Crippen LogP contribution in [0.5, 0.6) is 5.75 Å². The van der Waals surface area contributed by atoms with Gasteiger partial charge in [-0.05, 0) is 67.4 Å². The summed E-state index contributed by atoms with van der Waals surface area (Å²) < 4.78 is 35.4. The number of para-hydroxylation sites is 1. The Bertz CT molecular complexity index is 1560. The Labute approximate surface area is 208 Å². The first-order valence-corrected chi connectivity index (χ1v) is 12.6. The molecule has 0 aliphatic carbocycles. The van der Waals surface area contributed by atoms with Crippen molar-refractivity contribution in [3.8, 4) is 11.8 Å². The molecule has 0 aliphatic rings. The number of hydrogen-bond donors (Lipinski definition) is 1. The second kappa shape index (κ2) is 9.82. The number of benzene rings is 3. The summed E-state index contributed by atoms with van der Waals surface area (Å²) in [4.78, 5) is 12.9. The third-order valence-electron chi connectivity index (χ3n) is 5.54. The summed E-state index contributed by atoms with van der Waals surface area (Å²) in [7, 11) is -4.18. The fraction of sp³-hybridized carbons (Fsp3) is 0.154. The average Bonchev–Trinajstić information content (AvgIpc) is 3.21. The van der Waals surface area contributed by atoms with Gasteiger partial charge in [-0.1, -0.05) is 35.9 Å². The molecule has 4 aromatic rings. The molecular weight excluding hydrogens is 486 g/mol. The molecule has 0 spiro atoms. The van der Waals surface area contributed by atoms with Crippen molar-refractivity contribution in [2.45, 2.75) is 25.3 Å². The van der Waals surface area contributed by atoms with E-state index in [1.807, 2.05) is 56.3 Å². The van der Waals surface area contributed by atoms with Crippen molar-refractivity contribution in [3.05, 3.63) is 94.1 Å². The van der Waals surface area contributed by atoms with Crippen LogP contribution in [0.3, 0.4) is 0 Å². The maximum Gasteiger partial charge on any atom is 0.281 e. The van der Waals surface area contributed by atoms with Crippen molar-refractivity contribution in [1.82, 2.24) is 9.29 Å². The highest BCUT2D eigenvalue weighted by atomic mass is 35.5. The molecule has 1 heterocycles. The van der Waals surface area contributed by atoms with Crippen molar-refractivity contribution >= 4 is 38.4 Å². The van der Waals surface area contributed by atoms with E-state index in [2.05, 4.69) is 4.72 Å². The number of nitriles is 1. The van der Waals surface area contributed by atoms with Gasteiger partial charge in [0.1, 0.15) is 18.1 Å². The van der Waals surface area contributed by atoms with E-state index < -0.39 is 15.9 Å². The van der Waals surface area contributed by atoms with E-state index in [1.54, 1.807) is 10.6 Å². The molecule has 1 aromatic heterocycles. The zero-order valence-corrected chi connectivity index (χ0v) is 20.7. The number of nitrogens with zero attached hydrogens (tertiary/aromatic N) is 2. The lowest BCUT2D eigenvalue weighted by Crippen LogP contribution is -2.32. The first-order valence-electron chi connectivity index (χ1n) is 10.7. The van der Waals surface area contributed by atoms with Crippen LogP contribution >= 0.6 is 11.6 Å². The molecule has 0 fully saturated rings. The lowest BCUT2D eigenvalue weighted by molar-refractivity contribution is 0.0972. The number of amides is 1. The summed E-state index contributed by atoms with van der Waals surface area (Å²) in [6.45, 7) is 4.35. The van der Waals surface area contributed by atoms with E-state index in [1.165, 1.54) is 24.3 Å². The van der Waals surface area contributed by atoms with Crippen molar-refractivity contribution in [3.63, 3.8) is 0 Å². The summed E-state index contributed by atoms with van der Waals surface area (Å²) in [5.41, 5.74) is 2.93. The van der Waals surface area contributed by atoms with Crippen LogP contribution in [0.15, 0.2) is 71.6 Å². The fourth-order valence-corrected chi connectivity index (χ4v) is 4.97. The summed E-state index contributed by atoms with van der Waals surface area (Å²) in [6, 6.07) is 20.1. The van der Waals surface area contributed by atoms with E-state index in [4.69, 9.17) is 21.6 Å². The molecule has 0 radical (unpaired) electrons. The number of sulfonamides is 1. The SMILES string of the molecule is Cc1cc(OCCn2c(C(=O)NS(=O)(=O)c3cccc(C#N)c3)cc3ccccc32)cc(C)c1Cl. The van der Waals surface area contributed by atoms with Crippen LogP contribution in [-0.2, 0) is 16.6 Å². The monoisotopic (exact) mass is 507 g/mol. The number of nitrogens with one attached hydrogen (secondary N) is 1. The quantitative estimate of drug-likeness (QED) is 0.380. The van der Waals surface area contributed by atoms with Crippen LogP contribution in [0, 0.1) is 25.2 Å². The minimum Gasteiger partial charge on any atom is -0.492 e. The fourth-order valence-electron chi connectivity index (χ4n) is 3.85. The molecule has 0 atom stereocenters. The van der Waals surface area contributed by atoms with Gasteiger partial charge in [0.2, 0.25) is 0 Å².